The monoisotopic (exact) mass is 348 g/mol. The number of methoxy groups -OCH3 is 1. The van der Waals surface area contributed by atoms with Crippen LogP contribution >= 0.6 is 11.6 Å². The van der Waals surface area contributed by atoms with E-state index in [0.29, 0.717) is 18.1 Å². The number of carbonyl (C=O) groups excluding carboxylic acids is 1. The number of aryl methyl sites for hydroxylation is 1. The van der Waals surface area contributed by atoms with E-state index < -0.39 is 0 Å². The summed E-state index contributed by atoms with van der Waals surface area (Å²) in [4.78, 5) is 26.2. The lowest BCUT2D eigenvalue weighted by atomic mass is 10.1. The maximum atomic E-state index is 12.0. The molecule has 0 aliphatic carbocycles. The molecular formula is C15H17ClN6O2. The molecule has 24 heavy (non-hydrogen) atoms. The molecule has 1 aliphatic rings. The summed E-state index contributed by atoms with van der Waals surface area (Å²) >= 11 is 6.08. The van der Waals surface area contributed by atoms with Crippen molar-refractivity contribution in [3.8, 4) is 5.75 Å². The van der Waals surface area contributed by atoms with E-state index in [1.807, 2.05) is 13.8 Å². The standard InChI is InChI=1S/C15H17ClN6O2/c1-7-9(4-18-8(2)12(7)24-3)5-22-6-10(23)19-11-13(16)20-15(17)21-14(11)22/h4H,5-6H2,1-3H3,(H,19,23)(H2,17,20,21). The molecule has 2 aromatic rings. The van der Waals surface area contributed by atoms with Gasteiger partial charge in [-0.05, 0) is 25.0 Å². The Balaban J connectivity index is 2.02. The molecule has 1 aliphatic heterocycles. The zero-order valence-electron chi connectivity index (χ0n) is 13.6. The topological polar surface area (TPSA) is 106 Å². The van der Waals surface area contributed by atoms with Gasteiger partial charge in [-0.25, -0.2) is 0 Å². The summed E-state index contributed by atoms with van der Waals surface area (Å²) in [5, 5.41) is 2.80. The van der Waals surface area contributed by atoms with E-state index in [0.717, 1.165) is 22.6 Å². The van der Waals surface area contributed by atoms with Crippen molar-refractivity contribution >= 4 is 35.0 Å². The van der Waals surface area contributed by atoms with Crippen molar-refractivity contribution in [2.75, 3.05) is 29.6 Å². The highest BCUT2D eigenvalue weighted by atomic mass is 35.5. The number of hydrogen-bond acceptors (Lipinski definition) is 7. The summed E-state index contributed by atoms with van der Waals surface area (Å²) in [6.07, 6.45) is 1.77. The number of amides is 1. The number of hydrogen-bond donors (Lipinski definition) is 2. The number of nitrogens with one attached hydrogen (secondary N) is 1. The molecule has 0 aromatic carbocycles. The highest BCUT2D eigenvalue weighted by Crippen LogP contribution is 2.35. The molecule has 3 rings (SSSR count). The summed E-state index contributed by atoms with van der Waals surface area (Å²) < 4.78 is 5.41. The van der Waals surface area contributed by atoms with Crippen molar-refractivity contribution in [1.82, 2.24) is 15.0 Å². The molecule has 3 heterocycles. The summed E-state index contributed by atoms with van der Waals surface area (Å²) in [5.41, 5.74) is 8.75. The van der Waals surface area contributed by atoms with Crippen molar-refractivity contribution in [2.24, 2.45) is 0 Å². The summed E-state index contributed by atoms with van der Waals surface area (Å²) in [6.45, 7) is 4.39. The van der Waals surface area contributed by atoms with Crippen LogP contribution in [0.1, 0.15) is 16.8 Å². The lowest BCUT2D eigenvalue weighted by Gasteiger charge is -2.30. The molecular weight excluding hydrogens is 332 g/mol. The quantitative estimate of drug-likeness (QED) is 0.813. The maximum Gasteiger partial charge on any atom is 0.244 e. The molecule has 0 atom stereocenters. The van der Waals surface area contributed by atoms with Crippen LogP contribution in [-0.4, -0.2) is 34.5 Å². The first-order chi connectivity index (χ1) is 11.4. The van der Waals surface area contributed by atoms with Gasteiger partial charge < -0.3 is 20.7 Å². The summed E-state index contributed by atoms with van der Waals surface area (Å²) in [6, 6.07) is 0. The van der Waals surface area contributed by atoms with Crippen molar-refractivity contribution in [3.05, 3.63) is 28.2 Å². The van der Waals surface area contributed by atoms with Crippen LogP contribution in [0.3, 0.4) is 0 Å². The van der Waals surface area contributed by atoms with E-state index in [9.17, 15) is 4.79 Å². The fraction of sp³-hybridized carbons (Fsp3) is 0.333. The highest BCUT2D eigenvalue weighted by molar-refractivity contribution is 6.33. The number of nitrogen functional groups attached to an aromatic ring is 1. The average molecular weight is 349 g/mol. The Kier molecular flexibility index (Phi) is 4.15. The van der Waals surface area contributed by atoms with E-state index in [1.165, 1.54) is 0 Å². The molecule has 126 valence electrons. The largest absolute Gasteiger partial charge is 0.495 e. The van der Waals surface area contributed by atoms with Crippen molar-refractivity contribution in [3.63, 3.8) is 0 Å². The Hall–Kier alpha value is -2.61. The van der Waals surface area contributed by atoms with Crippen LogP contribution in [-0.2, 0) is 11.3 Å². The number of pyridine rings is 1. The van der Waals surface area contributed by atoms with Crippen LogP contribution < -0.4 is 20.7 Å². The van der Waals surface area contributed by atoms with Crippen LogP contribution in [0.4, 0.5) is 17.5 Å². The van der Waals surface area contributed by atoms with Gasteiger partial charge in [0, 0.05) is 12.7 Å². The van der Waals surface area contributed by atoms with Crippen molar-refractivity contribution < 1.29 is 9.53 Å². The number of rotatable bonds is 3. The fourth-order valence-corrected chi connectivity index (χ4v) is 2.96. The summed E-state index contributed by atoms with van der Waals surface area (Å²) in [7, 11) is 1.61. The Morgan fingerprint density at radius 3 is 2.88 bits per heavy atom. The minimum Gasteiger partial charge on any atom is -0.495 e. The van der Waals surface area contributed by atoms with Crippen LogP contribution in [0, 0.1) is 13.8 Å². The molecule has 9 heteroatoms. The molecule has 8 nitrogen and oxygen atoms in total. The van der Waals surface area contributed by atoms with E-state index in [2.05, 4.69) is 20.3 Å². The molecule has 1 amide bonds. The molecule has 2 aromatic heterocycles. The zero-order valence-corrected chi connectivity index (χ0v) is 14.3. The average Bonchev–Trinajstić information content (AvgIpc) is 2.52. The van der Waals surface area contributed by atoms with Gasteiger partial charge in [0.25, 0.3) is 0 Å². The predicted molar refractivity (Wildman–Crippen MR) is 91.4 cm³/mol. The fourth-order valence-electron chi connectivity index (χ4n) is 2.75. The van der Waals surface area contributed by atoms with Gasteiger partial charge in [0.05, 0.1) is 19.3 Å². The number of fused-ring (bicyclic) bond motifs is 1. The minimum absolute atomic E-state index is 0.0521. The van der Waals surface area contributed by atoms with E-state index in [-0.39, 0.29) is 23.6 Å². The van der Waals surface area contributed by atoms with E-state index in [1.54, 1.807) is 18.2 Å². The van der Waals surface area contributed by atoms with Gasteiger partial charge in [0.2, 0.25) is 11.9 Å². The number of ether oxygens (including phenoxy) is 1. The molecule has 0 spiro atoms. The Bertz CT molecular complexity index is 826. The third kappa shape index (κ3) is 2.80. The highest BCUT2D eigenvalue weighted by Gasteiger charge is 2.27. The lowest BCUT2D eigenvalue weighted by Crippen LogP contribution is -2.39. The first-order valence-electron chi connectivity index (χ1n) is 7.27. The lowest BCUT2D eigenvalue weighted by molar-refractivity contribution is -0.115. The Morgan fingerprint density at radius 2 is 2.17 bits per heavy atom. The van der Waals surface area contributed by atoms with Gasteiger partial charge in [-0.15, -0.1) is 0 Å². The zero-order chi connectivity index (χ0) is 17.4. The molecule has 3 N–H and O–H groups in total. The number of nitrogens with two attached hydrogens (primary N) is 1. The maximum absolute atomic E-state index is 12.0. The third-order valence-corrected chi connectivity index (χ3v) is 4.17. The number of halogens is 1. The van der Waals surface area contributed by atoms with E-state index >= 15 is 0 Å². The third-order valence-electron chi connectivity index (χ3n) is 3.89. The van der Waals surface area contributed by atoms with Gasteiger partial charge in [0.1, 0.15) is 11.4 Å². The van der Waals surface area contributed by atoms with E-state index in [4.69, 9.17) is 22.1 Å². The normalized spacial score (nSPS) is 13.5. The van der Waals surface area contributed by atoms with Crippen molar-refractivity contribution in [2.45, 2.75) is 20.4 Å². The van der Waals surface area contributed by atoms with Crippen molar-refractivity contribution in [1.29, 1.82) is 0 Å². The minimum atomic E-state index is -0.192. The molecule has 0 saturated carbocycles. The van der Waals surface area contributed by atoms with Gasteiger partial charge in [-0.1, -0.05) is 11.6 Å². The molecule has 0 radical (unpaired) electrons. The van der Waals surface area contributed by atoms with Crippen LogP contribution in [0.15, 0.2) is 6.20 Å². The summed E-state index contributed by atoms with van der Waals surface area (Å²) in [5.74, 6) is 1.08. The first kappa shape index (κ1) is 16.3. The van der Waals surface area contributed by atoms with Crippen LogP contribution in [0.5, 0.6) is 5.75 Å². The second kappa shape index (κ2) is 6.12. The second-order valence-corrected chi connectivity index (χ2v) is 5.86. The molecule has 0 saturated heterocycles. The molecule has 0 bridgehead atoms. The number of anilines is 3. The number of nitrogens with zero attached hydrogens (tertiary/aromatic N) is 4. The molecule has 0 fully saturated rings. The van der Waals surface area contributed by atoms with Gasteiger partial charge in [-0.2, -0.15) is 9.97 Å². The predicted octanol–water partition coefficient (Wildman–Crippen LogP) is 1.69. The van der Waals surface area contributed by atoms with Gasteiger partial charge in [0.15, 0.2) is 11.0 Å². The first-order valence-corrected chi connectivity index (χ1v) is 7.65. The van der Waals surface area contributed by atoms with Crippen LogP contribution in [0.25, 0.3) is 0 Å². The van der Waals surface area contributed by atoms with Crippen LogP contribution in [0.2, 0.25) is 5.15 Å². The van der Waals surface area contributed by atoms with Gasteiger partial charge >= 0.3 is 0 Å². The molecule has 0 unspecified atom stereocenters. The number of carbonyl (C=O) groups is 1. The van der Waals surface area contributed by atoms with Gasteiger partial charge in [-0.3, -0.25) is 9.78 Å². The smallest absolute Gasteiger partial charge is 0.244 e. The number of aromatic nitrogens is 3. The Morgan fingerprint density at radius 1 is 1.42 bits per heavy atom. The Labute approximate surface area is 144 Å². The SMILES string of the molecule is COc1c(C)ncc(CN2CC(=O)Nc3c(Cl)nc(N)nc32)c1C. The second-order valence-electron chi connectivity index (χ2n) is 5.50.